The predicted octanol–water partition coefficient (Wildman–Crippen LogP) is 2.55. The second kappa shape index (κ2) is 6.97. The maximum Gasteiger partial charge on any atom is 0.101 e. The molecule has 1 N–H and O–H groups in total. The highest BCUT2D eigenvalue weighted by atomic mass is 79.9. The maximum absolute atomic E-state index is 8.35. The first kappa shape index (κ1) is 9.86. The number of hydrogen-bond acceptors (Lipinski definition) is 2. The van der Waals surface area contributed by atoms with Crippen molar-refractivity contribution < 1.29 is 0 Å². The molecule has 0 aliphatic heterocycles. The van der Waals surface area contributed by atoms with Gasteiger partial charge < -0.3 is 5.41 Å². The van der Waals surface area contributed by atoms with Crippen molar-refractivity contribution in [3.8, 4) is 6.07 Å². The highest BCUT2D eigenvalue weighted by Gasteiger charge is 1.81. The van der Waals surface area contributed by atoms with Gasteiger partial charge in [-0.3, -0.25) is 0 Å². The second-order valence-electron chi connectivity index (χ2n) is 1.58. The lowest BCUT2D eigenvalue weighted by Gasteiger charge is -1.77. The molecule has 0 aromatic heterocycles. The molecule has 56 valence electrons. The molecule has 0 unspecified atom stereocenters. The smallest absolute Gasteiger partial charge is 0.101 e. The van der Waals surface area contributed by atoms with E-state index in [2.05, 4.69) is 15.9 Å². The fourth-order valence-corrected chi connectivity index (χ4v) is 0.559. The molecule has 3 heteroatoms. The molecule has 0 fully saturated rings. The number of hydrogen-bond donors (Lipinski definition) is 1. The maximum atomic E-state index is 8.35. The van der Waals surface area contributed by atoms with Crippen molar-refractivity contribution in [1.82, 2.24) is 0 Å². The molecule has 0 radical (unpaired) electrons. The first-order chi connectivity index (χ1) is 5.35. The van der Waals surface area contributed by atoms with Crippen LogP contribution in [0.1, 0.15) is 0 Å². The lowest BCUT2D eigenvalue weighted by atomic mass is 10.3. The summed E-state index contributed by atoms with van der Waals surface area (Å²) in [5, 5.41) is 15.1. The monoisotopic (exact) mass is 210 g/mol. The van der Waals surface area contributed by atoms with Crippen LogP contribution in [0.3, 0.4) is 0 Å². The standard InChI is InChI=1S/C8H7BrN2/c9-5-3-1-2-4-8(6-10)7-11/h1-6,10H/b2-1+,5-3+,8-4+,10-6?. The van der Waals surface area contributed by atoms with Crippen LogP contribution in [-0.4, -0.2) is 6.21 Å². The molecule has 0 aromatic rings. The Morgan fingerprint density at radius 2 is 2.09 bits per heavy atom. The number of rotatable bonds is 3. The SMILES string of the molecule is N#C/C(C=N)=C/C=C/C=C/Br. The molecule has 0 saturated heterocycles. The number of halogens is 1. The molecule has 0 atom stereocenters. The van der Waals surface area contributed by atoms with Gasteiger partial charge in [0.1, 0.15) is 6.07 Å². The Morgan fingerprint density at radius 1 is 1.36 bits per heavy atom. The van der Waals surface area contributed by atoms with Crippen molar-refractivity contribution in [3.05, 3.63) is 34.9 Å². The Hall–Kier alpha value is -1.14. The van der Waals surface area contributed by atoms with Crippen LogP contribution in [0.2, 0.25) is 0 Å². The van der Waals surface area contributed by atoms with Gasteiger partial charge in [-0.1, -0.05) is 34.2 Å². The van der Waals surface area contributed by atoms with Crippen molar-refractivity contribution in [2.45, 2.75) is 0 Å². The molecule has 0 aliphatic rings. The van der Waals surface area contributed by atoms with E-state index < -0.39 is 0 Å². The summed E-state index contributed by atoms with van der Waals surface area (Å²) in [6.45, 7) is 0. The van der Waals surface area contributed by atoms with Crippen LogP contribution in [0.25, 0.3) is 0 Å². The first-order valence-corrected chi connectivity index (χ1v) is 3.81. The number of allylic oxidation sites excluding steroid dienone is 5. The van der Waals surface area contributed by atoms with Gasteiger partial charge >= 0.3 is 0 Å². The Balaban J connectivity index is 4.11. The summed E-state index contributed by atoms with van der Waals surface area (Å²) >= 11 is 3.09. The normalized spacial score (nSPS) is 12.2. The van der Waals surface area contributed by atoms with Crippen LogP contribution in [0, 0.1) is 16.7 Å². The van der Waals surface area contributed by atoms with Crippen LogP contribution in [0.5, 0.6) is 0 Å². The highest BCUT2D eigenvalue weighted by Crippen LogP contribution is 1.89. The van der Waals surface area contributed by atoms with E-state index in [1.165, 1.54) is 0 Å². The summed E-state index contributed by atoms with van der Waals surface area (Å²) in [6.07, 6.45) is 7.81. The Labute approximate surface area is 74.2 Å². The number of nitrogens with zero attached hydrogens (tertiary/aromatic N) is 1. The summed E-state index contributed by atoms with van der Waals surface area (Å²) in [5.41, 5.74) is 0.337. The van der Waals surface area contributed by atoms with Crippen molar-refractivity contribution in [1.29, 1.82) is 10.7 Å². The van der Waals surface area contributed by atoms with Crippen molar-refractivity contribution in [2.75, 3.05) is 0 Å². The fourth-order valence-electron chi connectivity index (χ4n) is 0.383. The van der Waals surface area contributed by atoms with Gasteiger partial charge in [0.2, 0.25) is 0 Å². The van der Waals surface area contributed by atoms with E-state index in [9.17, 15) is 0 Å². The zero-order valence-corrected chi connectivity index (χ0v) is 7.38. The van der Waals surface area contributed by atoms with Crippen LogP contribution in [-0.2, 0) is 0 Å². The molecular weight excluding hydrogens is 204 g/mol. The summed E-state index contributed by atoms with van der Waals surface area (Å²) in [6, 6.07) is 1.86. The Morgan fingerprint density at radius 3 is 2.55 bits per heavy atom. The molecule has 0 saturated carbocycles. The largest absolute Gasteiger partial charge is 0.307 e. The van der Waals surface area contributed by atoms with E-state index in [0.29, 0.717) is 5.57 Å². The molecule has 0 heterocycles. The third-order valence-corrected chi connectivity index (χ3v) is 1.16. The van der Waals surface area contributed by atoms with Crippen LogP contribution < -0.4 is 0 Å². The third kappa shape index (κ3) is 5.31. The predicted molar refractivity (Wildman–Crippen MR) is 49.7 cm³/mol. The van der Waals surface area contributed by atoms with Crippen molar-refractivity contribution in [3.63, 3.8) is 0 Å². The van der Waals surface area contributed by atoms with Gasteiger partial charge in [0.25, 0.3) is 0 Å². The number of nitrogens with one attached hydrogen (secondary N) is 1. The van der Waals surface area contributed by atoms with Gasteiger partial charge in [0.05, 0.1) is 5.57 Å². The zero-order valence-electron chi connectivity index (χ0n) is 5.79. The minimum absolute atomic E-state index is 0.337. The van der Waals surface area contributed by atoms with Crippen molar-refractivity contribution in [2.24, 2.45) is 0 Å². The summed E-state index contributed by atoms with van der Waals surface area (Å²) in [4.78, 5) is 1.70. The van der Waals surface area contributed by atoms with E-state index in [1.807, 2.05) is 6.07 Å². The molecule has 0 amide bonds. The lowest BCUT2D eigenvalue weighted by Crippen LogP contribution is -1.74. The van der Waals surface area contributed by atoms with E-state index in [1.54, 1.807) is 29.3 Å². The summed E-state index contributed by atoms with van der Waals surface area (Å²) < 4.78 is 0. The van der Waals surface area contributed by atoms with Crippen LogP contribution >= 0.6 is 15.9 Å². The molecule has 0 aliphatic carbocycles. The Bertz CT molecular complexity index is 243. The van der Waals surface area contributed by atoms with Crippen LogP contribution in [0.4, 0.5) is 0 Å². The van der Waals surface area contributed by atoms with Gasteiger partial charge in [-0.25, -0.2) is 0 Å². The second-order valence-corrected chi connectivity index (χ2v) is 2.11. The van der Waals surface area contributed by atoms with E-state index in [0.717, 1.165) is 6.21 Å². The first-order valence-electron chi connectivity index (χ1n) is 2.89. The van der Waals surface area contributed by atoms with E-state index in [4.69, 9.17) is 10.7 Å². The topological polar surface area (TPSA) is 47.6 Å². The molecule has 11 heavy (non-hydrogen) atoms. The van der Waals surface area contributed by atoms with Gasteiger partial charge in [-0.2, -0.15) is 5.26 Å². The molecule has 0 rings (SSSR count). The lowest BCUT2D eigenvalue weighted by molar-refractivity contribution is 1.49. The van der Waals surface area contributed by atoms with Gasteiger partial charge in [0.15, 0.2) is 0 Å². The van der Waals surface area contributed by atoms with E-state index >= 15 is 0 Å². The summed E-state index contributed by atoms with van der Waals surface area (Å²) in [7, 11) is 0. The molecule has 0 aromatic carbocycles. The summed E-state index contributed by atoms with van der Waals surface area (Å²) in [5.74, 6) is 0. The van der Waals surface area contributed by atoms with Crippen molar-refractivity contribution >= 4 is 22.1 Å². The average molecular weight is 211 g/mol. The number of nitriles is 1. The minimum Gasteiger partial charge on any atom is -0.307 e. The van der Waals surface area contributed by atoms with Gasteiger partial charge in [-0.15, -0.1) is 0 Å². The fraction of sp³-hybridized carbons (Fsp3) is 0. The molecule has 2 nitrogen and oxygen atoms in total. The molecule has 0 spiro atoms. The van der Waals surface area contributed by atoms with E-state index in [-0.39, 0.29) is 0 Å². The third-order valence-electron chi connectivity index (χ3n) is 0.855. The zero-order chi connectivity index (χ0) is 8.53. The van der Waals surface area contributed by atoms with Gasteiger partial charge in [-0.05, 0) is 11.1 Å². The molecule has 0 bridgehead atoms. The molecular formula is C8H7BrN2. The minimum atomic E-state index is 0.337. The van der Waals surface area contributed by atoms with Crippen LogP contribution in [0.15, 0.2) is 34.9 Å². The Kier molecular flexibility index (Phi) is 6.25. The highest BCUT2D eigenvalue weighted by molar-refractivity contribution is 9.11. The quantitative estimate of drug-likeness (QED) is 0.435. The average Bonchev–Trinajstić information content (AvgIpc) is 2.05. The van der Waals surface area contributed by atoms with Gasteiger partial charge in [0, 0.05) is 6.21 Å².